The van der Waals surface area contributed by atoms with Crippen molar-refractivity contribution in [3.63, 3.8) is 0 Å². The van der Waals surface area contributed by atoms with E-state index in [1.165, 1.54) is 35.1 Å². The summed E-state index contributed by atoms with van der Waals surface area (Å²) in [6.07, 6.45) is 4.32. The standard InChI is InChI=1S/C18H20F2N4O3/c1-23-15(17(26)24-9-5-2-6-10-24)13(11-21-23)22-16(25)12-7-3-4-8-14(12)27-18(19)20/h3-4,7-8,11,18H,2,5-6,9-10H2,1H3,(H,22,25). The summed E-state index contributed by atoms with van der Waals surface area (Å²) >= 11 is 0. The van der Waals surface area contributed by atoms with Crippen LogP contribution >= 0.6 is 0 Å². The van der Waals surface area contributed by atoms with Crippen molar-refractivity contribution in [1.29, 1.82) is 0 Å². The molecule has 2 heterocycles. The summed E-state index contributed by atoms with van der Waals surface area (Å²) in [4.78, 5) is 27.1. The molecular formula is C18H20F2N4O3. The van der Waals surface area contributed by atoms with E-state index in [-0.39, 0.29) is 28.6 Å². The van der Waals surface area contributed by atoms with Crippen LogP contribution in [0.1, 0.15) is 40.1 Å². The lowest BCUT2D eigenvalue weighted by molar-refractivity contribution is -0.0501. The maximum atomic E-state index is 12.8. The smallest absolute Gasteiger partial charge is 0.387 e. The van der Waals surface area contributed by atoms with Crippen molar-refractivity contribution >= 4 is 17.5 Å². The van der Waals surface area contributed by atoms with E-state index in [0.717, 1.165) is 19.3 Å². The zero-order valence-corrected chi connectivity index (χ0v) is 14.8. The molecule has 9 heteroatoms. The first-order valence-electron chi connectivity index (χ1n) is 8.64. The molecule has 0 aliphatic carbocycles. The van der Waals surface area contributed by atoms with Crippen LogP contribution in [0.3, 0.4) is 0 Å². The minimum absolute atomic E-state index is 0.0574. The molecule has 0 atom stereocenters. The molecule has 3 rings (SSSR count). The Morgan fingerprint density at radius 2 is 1.89 bits per heavy atom. The largest absolute Gasteiger partial charge is 0.434 e. The van der Waals surface area contributed by atoms with E-state index in [1.54, 1.807) is 11.9 Å². The Hall–Kier alpha value is -2.97. The van der Waals surface area contributed by atoms with E-state index in [2.05, 4.69) is 15.2 Å². The van der Waals surface area contributed by atoms with E-state index >= 15 is 0 Å². The lowest BCUT2D eigenvalue weighted by Gasteiger charge is -2.27. The van der Waals surface area contributed by atoms with Gasteiger partial charge in [0.1, 0.15) is 11.4 Å². The highest BCUT2D eigenvalue weighted by molar-refractivity contribution is 6.09. The fourth-order valence-electron chi connectivity index (χ4n) is 3.07. The number of nitrogens with zero attached hydrogens (tertiary/aromatic N) is 3. The van der Waals surface area contributed by atoms with Gasteiger partial charge in [-0.2, -0.15) is 13.9 Å². The minimum Gasteiger partial charge on any atom is -0.434 e. The maximum absolute atomic E-state index is 12.8. The van der Waals surface area contributed by atoms with Crippen LogP contribution in [0.25, 0.3) is 0 Å². The third-order valence-electron chi connectivity index (χ3n) is 4.38. The van der Waals surface area contributed by atoms with Crippen LogP contribution in [-0.4, -0.2) is 46.2 Å². The van der Waals surface area contributed by atoms with Crippen molar-refractivity contribution in [3.8, 4) is 5.75 Å². The number of carbonyl (C=O) groups is 2. The normalized spacial score (nSPS) is 14.3. The quantitative estimate of drug-likeness (QED) is 0.868. The molecule has 1 fully saturated rings. The van der Waals surface area contributed by atoms with Gasteiger partial charge in [0, 0.05) is 20.1 Å². The van der Waals surface area contributed by atoms with Gasteiger partial charge in [0.25, 0.3) is 11.8 Å². The van der Waals surface area contributed by atoms with Crippen LogP contribution in [0, 0.1) is 0 Å². The highest BCUT2D eigenvalue weighted by atomic mass is 19.3. The predicted molar refractivity (Wildman–Crippen MR) is 94.0 cm³/mol. The maximum Gasteiger partial charge on any atom is 0.387 e. The topological polar surface area (TPSA) is 76.5 Å². The van der Waals surface area contributed by atoms with Crippen LogP contribution in [-0.2, 0) is 7.05 Å². The number of rotatable bonds is 5. The number of para-hydroxylation sites is 1. The van der Waals surface area contributed by atoms with Crippen molar-refractivity contribution in [2.24, 2.45) is 7.05 Å². The number of alkyl halides is 2. The Morgan fingerprint density at radius 1 is 1.19 bits per heavy atom. The van der Waals surface area contributed by atoms with Gasteiger partial charge in [-0.15, -0.1) is 0 Å². The number of ether oxygens (including phenoxy) is 1. The first-order chi connectivity index (χ1) is 13.0. The molecule has 1 N–H and O–H groups in total. The molecule has 144 valence electrons. The van der Waals surface area contributed by atoms with Gasteiger partial charge in [0.15, 0.2) is 0 Å². The fraction of sp³-hybridized carbons (Fsp3) is 0.389. The monoisotopic (exact) mass is 378 g/mol. The number of anilines is 1. The van der Waals surface area contributed by atoms with Gasteiger partial charge in [0.05, 0.1) is 17.4 Å². The summed E-state index contributed by atoms with van der Waals surface area (Å²) in [6.45, 7) is -1.74. The predicted octanol–water partition coefficient (Wildman–Crippen LogP) is 2.90. The van der Waals surface area contributed by atoms with Crippen molar-refractivity contribution in [1.82, 2.24) is 14.7 Å². The van der Waals surface area contributed by atoms with E-state index in [9.17, 15) is 18.4 Å². The van der Waals surface area contributed by atoms with Gasteiger partial charge in [-0.1, -0.05) is 12.1 Å². The number of piperidine rings is 1. The number of nitrogens with one attached hydrogen (secondary N) is 1. The van der Waals surface area contributed by atoms with E-state index < -0.39 is 12.5 Å². The summed E-state index contributed by atoms with van der Waals surface area (Å²) < 4.78 is 30.9. The second-order valence-corrected chi connectivity index (χ2v) is 6.21. The number of hydrogen-bond acceptors (Lipinski definition) is 4. The summed E-state index contributed by atoms with van der Waals surface area (Å²) in [5.41, 5.74) is 0.417. The molecule has 1 aromatic carbocycles. The van der Waals surface area contributed by atoms with Crippen LogP contribution in [0.2, 0.25) is 0 Å². The molecule has 2 amide bonds. The van der Waals surface area contributed by atoms with Crippen molar-refractivity contribution in [3.05, 3.63) is 41.7 Å². The SMILES string of the molecule is Cn1ncc(NC(=O)c2ccccc2OC(F)F)c1C(=O)N1CCCCC1. The molecule has 7 nitrogen and oxygen atoms in total. The molecular weight excluding hydrogens is 358 g/mol. The second kappa shape index (κ2) is 8.15. The van der Waals surface area contributed by atoms with Crippen LogP contribution < -0.4 is 10.1 Å². The highest BCUT2D eigenvalue weighted by Crippen LogP contribution is 2.24. The van der Waals surface area contributed by atoms with E-state index in [4.69, 9.17) is 0 Å². The van der Waals surface area contributed by atoms with Gasteiger partial charge >= 0.3 is 6.61 Å². The zero-order chi connectivity index (χ0) is 19.4. The molecule has 1 aliphatic heterocycles. The lowest BCUT2D eigenvalue weighted by Crippen LogP contribution is -2.37. The zero-order valence-electron chi connectivity index (χ0n) is 14.8. The van der Waals surface area contributed by atoms with Crippen molar-refractivity contribution < 1.29 is 23.1 Å². The highest BCUT2D eigenvalue weighted by Gasteiger charge is 2.26. The average Bonchev–Trinajstić information content (AvgIpc) is 3.02. The molecule has 0 saturated carbocycles. The molecule has 2 aromatic rings. The number of amides is 2. The second-order valence-electron chi connectivity index (χ2n) is 6.21. The van der Waals surface area contributed by atoms with Crippen LogP contribution in [0.15, 0.2) is 30.5 Å². The molecule has 0 unspecified atom stereocenters. The lowest BCUT2D eigenvalue weighted by atomic mass is 10.1. The summed E-state index contributed by atoms with van der Waals surface area (Å²) in [5, 5.41) is 6.64. The van der Waals surface area contributed by atoms with E-state index in [0.29, 0.717) is 13.1 Å². The molecule has 0 bridgehead atoms. The molecule has 1 aromatic heterocycles. The minimum atomic E-state index is -3.05. The summed E-state index contributed by atoms with van der Waals surface area (Å²) in [5.74, 6) is -1.12. The van der Waals surface area contributed by atoms with Crippen LogP contribution in [0.4, 0.5) is 14.5 Å². The summed E-state index contributed by atoms with van der Waals surface area (Å²) in [7, 11) is 1.61. The van der Waals surface area contributed by atoms with E-state index in [1.807, 2.05) is 0 Å². The Labute approximate surface area is 154 Å². The van der Waals surface area contributed by atoms with Gasteiger partial charge in [-0.25, -0.2) is 0 Å². The van der Waals surface area contributed by atoms with Gasteiger partial charge in [-0.05, 0) is 31.4 Å². The number of likely N-dealkylation sites (tertiary alicyclic amines) is 1. The van der Waals surface area contributed by atoms with Gasteiger partial charge < -0.3 is 15.0 Å². The third-order valence-corrected chi connectivity index (χ3v) is 4.38. The number of halogens is 2. The van der Waals surface area contributed by atoms with Crippen molar-refractivity contribution in [2.75, 3.05) is 18.4 Å². The number of hydrogen-bond donors (Lipinski definition) is 1. The Bertz CT molecular complexity index is 832. The van der Waals surface area contributed by atoms with Gasteiger partial charge in [-0.3, -0.25) is 14.3 Å². The Kier molecular flexibility index (Phi) is 5.68. The molecule has 1 aliphatic rings. The molecule has 1 saturated heterocycles. The third kappa shape index (κ3) is 4.24. The number of aromatic nitrogens is 2. The number of benzene rings is 1. The molecule has 0 spiro atoms. The van der Waals surface area contributed by atoms with Crippen molar-refractivity contribution in [2.45, 2.75) is 25.9 Å². The summed E-state index contributed by atoms with van der Waals surface area (Å²) in [6, 6.07) is 5.68. The first-order valence-corrected chi connectivity index (χ1v) is 8.64. The average molecular weight is 378 g/mol. The number of aryl methyl sites for hydroxylation is 1. The Balaban J connectivity index is 1.83. The molecule has 0 radical (unpaired) electrons. The van der Waals surface area contributed by atoms with Gasteiger partial charge in [0.2, 0.25) is 0 Å². The first kappa shape index (κ1) is 18.8. The number of carbonyl (C=O) groups excluding carboxylic acids is 2. The Morgan fingerprint density at radius 3 is 2.59 bits per heavy atom. The molecule has 27 heavy (non-hydrogen) atoms. The fourth-order valence-corrected chi connectivity index (χ4v) is 3.07. The van der Waals surface area contributed by atoms with Crippen LogP contribution in [0.5, 0.6) is 5.75 Å².